The first-order valence-corrected chi connectivity index (χ1v) is 4.37. The SMILES string of the molecule is COc1cc(F)c(F)cc1-c1cnoc1N. The van der Waals surface area contributed by atoms with Crippen LogP contribution in [0.25, 0.3) is 11.1 Å². The topological polar surface area (TPSA) is 61.3 Å². The highest BCUT2D eigenvalue weighted by Crippen LogP contribution is 2.34. The summed E-state index contributed by atoms with van der Waals surface area (Å²) < 4.78 is 35.6. The van der Waals surface area contributed by atoms with Crippen LogP contribution in [0.15, 0.2) is 22.9 Å². The summed E-state index contributed by atoms with van der Waals surface area (Å²) in [6.45, 7) is 0. The molecule has 1 aromatic heterocycles. The Balaban J connectivity index is 2.64. The number of halogens is 2. The Bertz CT molecular complexity index is 526. The van der Waals surface area contributed by atoms with Crippen LogP contribution in [0, 0.1) is 11.6 Å². The summed E-state index contributed by atoms with van der Waals surface area (Å²) in [6.07, 6.45) is 1.31. The molecule has 0 amide bonds. The van der Waals surface area contributed by atoms with Crippen molar-refractivity contribution < 1.29 is 18.0 Å². The summed E-state index contributed by atoms with van der Waals surface area (Å²) in [5.41, 5.74) is 6.13. The molecular weight excluding hydrogens is 218 g/mol. The van der Waals surface area contributed by atoms with Gasteiger partial charge in [-0.25, -0.2) is 8.78 Å². The van der Waals surface area contributed by atoms with E-state index in [-0.39, 0.29) is 11.6 Å². The predicted molar refractivity (Wildman–Crippen MR) is 52.8 cm³/mol. The molecule has 0 aliphatic carbocycles. The number of aromatic nitrogens is 1. The first-order valence-electron chi connectivity index (χ1n) is 4.37. The van der Waals surface area contributed by atoms with E-state index in [0.29, 0.717) is 11.1 Å². The van der Waals surface area contributed by atoms with Crippen molar-refractivity contribution >= 4 is 5.88 Å². The Labute approximate surface area is 89.6 Å². The third-order valence-electron chi connectivity index (χ3n) is 2.13. The van der Waals surface area contributed by atoms with E-state index in [9.17, 15) is 8.78 Å². The molecule has 0 bridgehead atoms. The van der Waals surface area contributed by atoms with Gasteiger partial charge in [0.15, 0.2) is 11.6 Å². The standard InChI is InChI=1S/C10H8F2N2O2/c1-15-9-3-8(12)7(11)2-5(9)6-4-14-16-10(6)13/h2-4H,13H2,1H3. The average Bonchev–Trinajstić information content (AvgIpc) is 2.68. The van der Waals surface area contributed by atoms with Crippen molar-refractivity contribution in [1.82, 2.24) is 5.16 Å². The second-order valence-electron chi connectivity index (χ2n) is 3.07. The summed E-state index contributed by atoms with van der Waals surface area (Å²) in [7, 11) is 1.35. The van der Waals surface area contributed by atoms with E-state index < -0.39 is 11.6 Å². The van der Waals surface area contributed by atoms with Crippen molar-refractivity contribution in [2.45, 2.75) is 0 Å². The zero-order valence-corrected chi connectivity index (χ0v) is 8.33. The molecule has 0 unspecified atom stereocenters. The van der Waals surface area contributed by atoms with Crippen LogP contribution < -0.4 is 10.5 Å². The molecule has 4 nitrogen and oxygen atoms in total. The maximum atomic E-state index is 13.1. The summed E-state index contributed by atoms with van der Waals surface area (Å²) in [5, 5.41) is 3.45. The molecule has 0 fully saturated rings. The fourth-order valence-electron chi connectivity index (χ4n) is 1.36. The lowest BCUT2D eigenvalue weighted by molar-refractivity contribution is 0.408. The Hall–Kier alpha value is -2.11. The lowest BCUT2D eigenvalue weighted by Crippen LogP contribution is -1.94. The number of anilines is 1. The number of nitrogen functional groups attached to an aromatic ring is 1. The largest absolute Gasteiger partial charge is 0.496 e. The van der Waals surface area contributed by atoms with Crippen molar-refractivity contribution in [3.05, 3.63) is 30.0 Å². The van der Waals surface area contributed by atoms with Gasteiger partial charge in [-0.2, -0.15) is 0 Å². The highest BCUT2D eigenvalue weighted by Gasteiger charge is 2.16. The second-order valence-corrected chi connectivity index (χ2v) is 3.07. The van der Waals surface area contributed by atoms with Crippen LogP contribution in [-0.2, 0) is 0 Å². The van der Waals surface area contributed by atoms with E-state index in [1.807, 2.05) is 0 Å². The number of nitrogens with zero attached hydrogens (tertiary/aromatic N) is 1. The number of methoxy groups -OCH3 is 1. The minimum atomic E-state index is -0.990. The molecule has 6 heteroatoms. The highest BCUT2D eigenvalue weighted by atomic mass is 19.2. The van der Waals surface area contributed by atoms with Gasteiger partial charge in [0, 0.05) is 11.6 Å². The molecule has 0 atom stereocenters. The van der Waals surface area contributed by atoms with Crippen LogP contribution in [-0.4, -0.2) is 12.3 Å². The fourth-order valence-corrected chi connectivity index (χ4v) is 1.36. The van der Waals surface area contributed by atoms with E-state index in [0.717, 1.165) is 12.1 Å². The highest BCUT2D eigenvalue weighted by molar-refractivity contribution is 5.77. The van der Waals surface area contributed by atoms with Gasteiger partial charge in [-0.05, 0) is 6.07 Å². The van der Waals surface area contributed by atoms with Gasteiger partial charge in [0.05, 0.1) is 18.9 Å². The average molecular weight is 226 g/mol. The van der Waals surface area contributed by atoms with Gasteiger partial charge in [-0.1, -0.05) is 5.16 Å². The van der Waals surface area contributed by atoms with Crippen molar-refractivity contribution in [3.8, 4) is 16.9 Å². The molecule has 2 aromatic rings. The van der Waals surface area contributed by atoms with Crippen molar-refractivity contribution in [2.24, 2.45) is 0 Å². The van der Waals surface area contributed by atoms with Gasteiger partial charge < -0.3 is 15.0 Å². The monoisotopic (exact) mass is 226 g/mol. The first kappa shape index (κ1) is 10.4. The van der Waals surface area contributed by atoms with Gasteiger partial charge in [-0.15, -0.1) is 0 Å². The second kappa shape index (κ2) is 3.80. The maximum Gasteiger partial charge on any atom is 0.230 e. The molecule has 2 rings (SSSR count). The fraction of sp³-hybridized carbons (Fsp3) is 0.100. The van der Waals surface area contributed by atoms with Crippen LogP contribution in [0.1, 0.15) is 0 Å². The zero-order valence-electron chi connectivity index (χ0n) is 8.33. The quantitative estimate of drug-likeness (QED) is 0.852. The Morgan fingerprint density at radius 3 is 2.50 bits per heavy atom. The molecule has 0 saturated heterocycles. The maximum absolute atomic E-state index is 13.1. The minimum Gasteiger partial charge on any atom is -0.496 e. The van der Waals surface area contributed by atoms with E-state index >= 15 is 0 Å². The third-order valence-corrected chi connectivity index (χ3v) is 2.13. The van der Waals surface area contributed by atoms with Crippen molar-refractivity contribution in [2.75, 3.05) is 12.8 Å². The molecular formula is C10H8F2N2O2. The molecule has 1 heterocycles. The van der Waals surface area contributed by atoms with Crippen molar-refractivity contribution in [1.29, 1.82) is 0 Å². The van der Waals surface area contributed by atoms with Gasteiger partial charge in [0.1, 0.15) is 5.75 Å². The molecule has 0 spiro atoms. The molecule has 16 heavy (non-hydrogen) atoms. The number of nitrogens with two attached hydrogens (primary N) is 1. The molecule has 1 aromatic carbocycles. The Morgan fingerprint density at radius 1 is 1.25 bits per heavy atom. The van der Waals surface area contributed by atoms with Crippen LogP contribution in [0.4, 0.5) is 14.7 Å². The lowest BCUT2D eigenvalue weighted by Gasteiger charge is -2.07. The van der Waals surface area contributed by atoms with Gasteiger partial charge in [0.25, 0.3) is 0 Å². The minimum absolute atomic E-state index is 0.0179. The smallest absolute Gasteiger partial charge is 0.230 e. The first-order chi connectivity index (χ1) is 7.63. The summed E-state index contributed by atoms with van der Waals surface area (Å²) >= 11 is 0. The van der Waals surface area contributed by atoms with E-state index in [1.165, 1.54) is 13.3 Å². The number of hydrogen-bond acceptors (Lipinski definition) is 4. The molecule has 2 N–H and O–H groups in total. The van der Waals surface area contributed by atoms with E-state index in [1.54, 1.807) is 0 Å². The molecule has 0 aliphatic heterocycles. The summed E-state index contributed by atoms with van der Waals surface area (Å²) in [5.74, 6) is -1.80. The van der Waals surface area contributed by atoms with Gasteiger partial charge in [0.2, 0.25) is 5.88 Å². The summed E-state index contributed by atoms with van der Waals surface area (Å²) in [4.78, 5) is 0. The van der Waals surface area contributed by atoms with Crippen LogP contribution in [0.5, 0.6) is 5.75 Å². The molecule has 0 aliphatic rings. The van der Waals surface area contributed by atoms with Crippen LogP contribution in [0.3, 0.4) is 0 Å². The predicted octanol–water partition coefficient (Wildman–Crippen LogP) is 2.21. The zero-order chi connectivity index (χ0) is 11.7. The Morgan fingerprint density at radius 2 is 1.94 bits per heavy atom. The number of hydrogen-bond donors (Lipinski definition) is 1. The van der Waals surface area contributed by atoms with E-state index in [2.05, 4.69) is 9.68 Å². The summed E-state index contributed by atoms with van der Waals surface area (Å²) in [6, 6.07) is 1.92. The van der Waals surface area contributed by atoms with Crippen molar-refractivity contribution in [3.63, 3.8) is 0 Å². The molecule has 0 saturated carbocycles. The normalized spacial score (nSPS) is 10.4. The van der Waals surface area contributed by atoms with Gasteiger partial charge >= 0.3 is 0 Å². The number of benzene rings is 1. The number of rotatable bonds is 2. The van der Waals surface area contributed by atoms with Crippen LogP contribution >= 0.6 is 0 Å². The lowest BCUT2D eigenvalue weighted by atomic mass is 10.1. The Kier molecular flexibility index (Phi) is 2.47. The van der Waals surface area contributed by atoms with Crippen LogP contribution in [0.2, 0.25) is 0 Å². The third kappa shape index (κ3) is 1.58. The molecule has 84 valence electrons. The molecule has 0 radical (unpaired) electrons. The number of ether oxygens (including phenoxy) is 1. The van der Waals surface area contributed by atoms with E-state index in [4.69, 9.17) is 10.5 Å². The van der Waals surface area contributed by atoms with Gasteiger partial charge in [-0.3, -0.25) is 0 Å².